The van der Waals surface area contributed by atoms with E-state index in [9.17, 15) is 9.59 Å². The van der Waals surface area contributed by atoms with Gasteiger partial charge in [-0.1, -0.05) is 32.9 Å². The summed E-state index contributed by atoms with van der Waals surface area (Å²) >= 11 is 1.41. The van der Waals surface area contributed by atoms with Crippen molar-refractivity contribution >= 4 is 35.5 Å². The maximum Gasteiger partial charge on any atom is 0.241 e. The lowest BCUT2D eigenvalue weighted by Gasteiger charge is -2.23. The number of nitrogens with zero attached hydrogens (tertiary/aromatic N) is 1. The fourth-order valence-electron chi connectivity index (χ4n) is 1.74. The second kappa shape index (κ2) is 6.30. The van der Waals surface area contributed by atoms with Crippen LogP contribution in [-0.4, -0.2) is 23.3 Å². The zero-order valence-electron chi connectivity index (χ0n) is 12.3. The van der Waals surface area contributed by atoms with E-state index < -0.39 is 5.25 Å². The number of carbonyl (C=O) groups excluding carboxylic acids is 2. The molecule has 0 bridgehead atoms. The summed E-state index contributed by atoms with van der Waals surface area (Å²) in [6, 6.07) is 7.56. The Balaban J connectivity index is 1.93. The van der Waals surface area contributed by atoms with E-state index in [0.717, 1.165) is 10.6 Å². The van der Waals surface area contributed by atoms with Gasteiger partial charge in [0.2, 0.25) is 11.8 Å². The van der Waals surface area contributed by atoms with Crippen LogP contribution in [0.2, 0.25) is 0 Å². The summed E-state index contributed by atoms with van der Waals surface area (Å²) in [7, 11) is 0. The molecule has 2 amide bonds. The van der Waals surface area contributed by atoms with E-state index in [4.69, 9.17) is 0 Å². The van der Waals surface area contributed by atoms with E-state index in [1.54, 1.807) is 6.21 Å². The van der Waals surface area contributed by atoms with Crippen molar-refractivity contribution in [2.75, 3.05) is 5.32 Å². The van der Waals surface area contributed by atoms with Gasteiger partial charge in [0, 0.05) is 17.5 Å². The molecule has 0 saturated carbocycles. The van der Waals surface area contributed by atoms with Gasteiger partial charge in [0.25, 0.3) is 0 Å². The smallest absolute Gasteiger partial charge is 0.241 e. The maximum absolute atomic E-state index is 12.0. The van der Waals surface area contributed by atoms with Crippen LogP contribution in [0.3, 0.4) is 0 Å². The molecule has 0 saturated heterocycles. The summed E-state index contributed by atoms with van der Waals surface area (Å²) in [6.07, 6.45) is 1.78. The number of fused-ring (bicyclic) bond motifs is 1. The topological polar surface area (TPSA) is 70.6 Å². The molecule has 1 aromatic rings. The zero-order chi connectivity index (χ0) is 15.5. The molecule has 112 valence electrons. The third kappa shape index (κ3) is 4.60. The number of carbonyl (C=O) groups is 2. The third-order valence-corrected chi connectivity index (χ3v) is 3.99. The fourth-order valence-corrected chi connectivity index (χ4v) is 2.85. The van der Waals surface area contributed by atoms with Crippen LogP contribution in [0.5, 0.6) is 0 Å². The number of rotatable bonds is 3. The first-order valence-corrected chi connectivity index (χ1v) is 7.63. The van der Waals surface area contributed by atoms with Crippen LogP contribution in [0.4, 0.5) is 5.69 Å². The molecular formula is C15H19N3O2S. The second-order valence-electron chi connectivity index (χ2n) is 5.96. The standard InChI is InChI=1S/C15H19N3O2S/c1-15(2,3)9-16-18-13(19)8-12-14(20)17-10-6-4-5-7-11(10)21-12/h4-7,9,12H,8H2,1-3H3,(H,17,20)(H,18,19)/b16-9+. The van der Waals surface area contributed by atoms with Gasteiger partial charge in [0.05, 0.1) is 10.9 Å². The SMILES string of the molecule is CC(C)(C)/C=N/NC(=O)CC1Sc2ccccc2NC1=O. The molecule has 0 aliphatic carbocycles. The number of benzene rings is 1. The minimum absolute atomic E-state index is 0.0941. The van der Waals surface area contributed by atoms with Gasteiger partial charge in [-0.3, -0.25) is 9.59 Å². The van der Waals surface area contributed by atoms with E-state index in [-0.39, 0.29) is 23.7 Å². The van der Waals surface area contributed by atoms with Crippen LogP contribution in [0.25, 0.3) is 0 Å². The number of nitrogens with one attached hydrogen (secondary N) is 2. The Labute approximate surface area is 128 Å². The number of hydrogen-bond donors (Lipinski definition) is 2. The molecule has 1 heterocycles. The lowest BCUT2D eigenvalue weighted by atomic mass is 9.99. The fraction of sp³-hybridized carbons (Fsp3) is 0.400. The summed E-state index contributed by atoms with van der Waals surface area (Å²) in [5.74, 6) is -0.406. The molecule has 2 N–H and O–H groups in total. The normalized spacial score (nSPS) is 18.2. The molecular weight excluding hydrogens is 286 g/mol. The molecule has 6 heteroatoms. The summed E-state index contributed by atoms with van der Waals surface area (Å²) < 4.78 is 0. The van der Waals surface area contributed by atoms with Crippen LogP contribution in [0, 0.1) is 5.41 Å². The Morgan fingerprint density at radius 1 is 1.43 bits per heavy atom. The van der Waals surface area contributed by atoms with Crippen molar-refractivity contribution in [1.29, 1.82) is 0 Å². The first kappa shape index (κ1) is 15.6. The van der Waals surface area contributed by atoms with Gasteiger partial charge < -0.3 is 5.32 Å². The van der Waals surface area contributed by atoms with E-state index in [1.807, 2.05) is 45.0 Å². The van der Waals surface area contributed by atoms with Crippen molar-refractivity contribution in [2.24, 2.45) is 10.5 Å². The number of hydrazone groups is 1. The van der Waals surface area contributed by atoms with Crippen molar-refractivity contribution in [2.45, 2.75) is 37.3 Å². The monoisotopic (exact) mass is 305 g/mol. The van der Waals surface area contributed by atoms with Gasteiger partial charge in [0.15, 0.2) is 0 Å². The van der Waals surface area contributed by atoms with Crippen molar-refractivity contribution in [3.63, 3.8) is 0 Å². The first-order chi connectivity index (χ1) is 9.85. The summed E-state index contributed by atoms with van der Waals surface area (Å²) in [4.78, 5) is 24.8. The average molecular weight is 305 g/mol. The Morgan fingerprint density at radius 2 is 2.14 bits per heavy atom. The molecule has 1 aliphatic rings. The first-order valence-electron chi connectivity index (χ1n) is 6.75. The van der Waals surface area contributed by atoms with Gasteiger partial charge in [0.1, 0.15) is 0 Å². The van der Waals surface area contributed by atoms with Gasteiger partial charge in [-0.05, 0) is 17.5 Å². The van der Waals surface area contributed by atoms with Crippen molar-refractivity contribution in [3.8, 4) is 0 Å². The van der Waals surface area contributed by atoms with Crippen molar-refractivity contribution in [3.05, 3.63) is 24.3 Å². The van der Waals surface area contributed by atoms with E-state index in [1.165, 1.54) is 11.8 Å². The van der Waals surface area contributed by atoms with E-state index in [0.29, 0.717) is 0 Å². The Kier molecular flexibility index (Phi) is 4.67. The molecule has 2 rings (SSSR count). The number of amides is 2. The third-order valence-electron chi connectivity index (χ3n) is 2.72. The molecule has 0 aromatic heterocycles. The predicted molar refractivity (Wildman–Crippen MR) is 85.4 cm³/mol. The lowest BCUT2D eigenvalue weighted by molar-refractivity contribution is -0.124. The van der Waals surface area contributed by atoms with Gasteiger partial charge in [-0.2, -0.15) is 5.10 Å². The molecule has 21 heavy (non-hydrogen) atoms. The van der Waals surface area contributed by atoms with E-state index in [2.05, 4.69) is 15.8 Å². The molecule has 1 aliphatic heterocycles. The summed E-state index contributed by atoms with van der Waals surface area (Å²) in [5, 5.41) is 6.30. The van der Waals surface area contributed by atoms with Crippen molar-refractivity contribution < 1.29 is 9.59 Å². The summed E-state index contributed by atoms with van der Waals surface area (Å²) in [5.41, 5.74) is 3.17. The van der Waals surface area contributed by atoms with Crippen LogP contribution in [0.15, 0.2) is 34.3 Å². The zero-order valence-corrected chi connectivity index (χ0v) is 13.2. The van der Waals surface area contributed by atoms with Gasteiger partial charge in [-0.25, -0.2) is 5.43 Å². The molecule has 0 radical (unpaired) electrons. The highest BCUT2D eigenvalue weighted by molar-refractivity contribution is 8.01. The van der Waals surface area contributed by atoms with Crippen molar-refractivity contribution in [1.82, 2.24) is 5.43 Å². The summed E-state index contributed by atoms with van der Waals surface area (Å²) in [6.45, 7) is 5.97. The van der Waals surface area contributed by atoms with E-state index >= 15 is 0 Å². The molecule has 0 spiro atoms. The van der Waals surface area contributed by atoms with Gasteiger partial charge >= 0.3 is 0 Å². The number of para-hydroxylation sites is 1. The Morgan fingerprint density at radius 3 is 2.86 bits per heavy atom. The second-order valence-corrected chi connectivity index (χ2v) is 7.20. The average Bonchev–Trinajstić information content (AvgIpc) is 2.38. The highest BCUT2D eigenvalue weighted by atomic mass is 32.2. The maximum atomic E-state index is 12.0. The molecule has 5 nitrogen and oxygen atoms in total. The predicted octanol–water partition coefficient (Wildman–Crippen LogP) is 2.64. The highest BCUT2D eigenvalue weighted by Gasteiger charge is 2.28. The molecule has 1 atom stereocenters. The Hall–Kier alpha value is -1.82. The number of hydrogen-bond acceptors (Lipinski definition) is 4. The molecule has 1 aromatic carbocycles. The number of anilines is 1. The van der Waals surface area contributed by atoms with Crippen LogP contribution < -0.4 is 10.7 Å². The van der Waals surface area contributed by atoms with Crippen LogP contribution in [0.1, 0.15) is 27.2 Å². The van der Waals surface area contributed by atoms with Crippen LogP contribution in [-0.2, 0) is 9.59 Å². The minimum atomic E-state index is -0.426. The molecule has 0 fully saturated rings. The highest BCUT2D eigenvalue weighted by Crippen LogP contribution is 2.36. The minimum Gasteiger partial charge on any atom is -0.324 e. The number of thioether (sulfide) groups is 1. The quantitative estimate of drug-likeness (QED) is 0.666. The Bertz CT molecular complexity index is 579. The lowest BCUT2D eigenvalue weighted by Crippen LogP contribution is -2.33. The largest absolute Gasteiger partial charge is 0.324 e. The van der Waals surface area contributed by atoms with Crippen LogP contribution >= 0.6 is 11.8 Å². The van der Waals surface area contributed by atoms with Gasteiger partial charge in [-0.15, -0.1) is 11.8 Å². The molecule has 1 unspecified atom stereocenters.